The first-order valence-electron chi connectivity index (χ1n) is 18.4. The molecule has 0 amide bonds. The minimum absolute atomic E-state index is 0.341. The van der Waals surface area contributed by atoms with Crippen LogP contribution in [0.3, 0.4) is 0 Å². The van der Waals surface area contributed by atoms with Crippen molar-refractivity contribution in [2.24, 2.45) is 7.05 Å². The van der Waals surface area contributed by atoms with Crippen molar-refractivity contribution in [3.8, 4) is 16.9 Å². The van der Waals surface area contributed by atoms with Crippen LogP contribution in [0.4, 0.5) is 28.8 Å². The standard InChI is InChI=1S/C40H53ClN9O2P/c1-9-27-23-34(36(52-6)25-35(27)48(4)17-14-29(10-2)50-21-19-47(3)20-22-50)45-40-43-26-32(41)38(46-40)44-33-12-11-28(24-37(33)53(7,8)51)30-13-16-42-39-31(30)15-18-49(39)5/h11-13,15-16,18,23-26,29H,9-10,14,17,19-22H2,1-8H3,(H2,43,44,45,46). The average molecular weight is 758 g/mol. The van der Waals surface area contributed by atoms with Gasteiger partial charge in [0.15, 0.2) is 5.82 Å². The van der Waals surface area contributed by atoms with Crippen LogP contribution >= 0.6 is 18.7 Å². The molecule has 2 N–H and O–H groups in total. The monoisotopic (exact) mass is 757 g/mol. The molecule has 2 aromatic carbocycles. The number of hydrogen-bond donors (Lipinski definition) is 2. The molecule has 1 atom stereocenters. The molecule has 1 aliphatic rings. The van der Waals surface area contributed by atoms with E-state index in [1.807, 2.05) is 42.1 Å². The van der Waals surface area contributed by atoms with Crippen molar-refractivity contribution in [3.05, 3.63) is 71.6 Å². The number of benzene rings is 2. The Bertz CT molecular complexity index is 2110. The molecule has 0 spiro atoms. The van der Waals surface area contributed by atoms with Crippen LogP contribution in [0.15, 0.2) is 61.1 Å². The third kappa shape index (κ3) is 8.65. The van der Waals surface area contributed by atoms with Gasteiger partial charge in [-0.05, 0) is 86.7 Å². The highest BCUT2D eigenvalue weighted by Gasteiger charge is 2.23. The highest BCUT2D eigenvalue weighted by atomic mass is 35.5. The van der Waals surface area contributed by atoms with Crippen LogP contribution in [0, 0.1) is 0 Å². The Morgan fingerprint density at radius 1 is 1.00 bits per heavy atom. The number of anilines is 5. The zero-order valence-electron chi connectivity index (χ0n) is 32.3. The predicted octanol–water partition coefficient (Wildman–Crippen LogP) is 7.84. The van der Waals surface area contributed by atoms with Crippen LogP contribution < -0.4 is 25.6 Å². The maximum atomic E-state index is 13.7. The van der Waals surface area contributed by atoms with E-state index in [2.05, 4.69) is 81.4 Å². The Labute approximate surface area is 319 Å². The number of methoxy groups -OCH3 is 1. The number of aromatic nitrogens is 4. The fourth-order valence-electron chi connectivity index (χ4n) is 7.24. The molecule has 4 heterocycles. The Balaban J connectivity index is 1.23. The summed E-state index contributed by atoms with van der Waals surface area (Å²) in [6.07, 6.45) is 8.47. The van der Waals surface area contributed by atoms with E-state index < -0.39 is 7.14 Å². The molecule has 53 heavy (non-hydrogen) atoms. The van der Waals surface area contributed by atoms with Gasteiger partial charge in [0.05, 0.1) is 24.7 Å². The van der Waals surface area contributed by atoms with Gasteiger partial charge in [0.1, 0.15) is 23.6 Å². The third-order valence-electron chi connectivity index (χ3n) is 10.4. The fraction of sp³-hybridized carbons (Fsp3) is 0.425. The molecule has 11 nitrogen and oxygen atoms in total. The molecule has 1 fully saturated rings. The lowest BCUT2D eigenvalue weighted by molar-refractivity contribution is 0.105. The van der Waals surface area contributed by atoms with E-state index in [-0.39, 0.29) is 0 Å². The van der Waals surface area contributed by atoms with Gasteiger partial charge >= 0.3 is 0 Å². The van der Waals surface area contributed by atoms with Gasteiger partial charge in [-0.3, -0.25) is 4.90 Å². The minimum atomic E-state index is -2.74. The van der Waals surface area contributed by atoms with Crippen molar-refractivity contribution in [3.63, 3.8) is 0 Å². The molecule has 6 rings (SSSR count). The molecule has 3 aromatic heterocycles. The topological polar surface area (TPSA) is 104 Å². The molecule has 0 saturated carbocycles. The SMILES string of the molecule is CCc1cc(Nc2ncc(Cl)c(Nc3ccc(-c4ccnc5c4ccn5C)cc3P(C)(C)=O)n2)c(OC)cc1N(C)CCC(CC)N1CCN(C)CC1. The number of rotatable bonds is 14. The Kier molecular flexibility index (Phi) is 12.0. The smallest absolute Gasteiger partial charge is 0.229 e. The maximum absolute atomic E-state index is 13.7. The number of halogens is 1. The molecule has 5 aromatic rings. The zero-order chi connectivity index (χ0) is 37.9. The first-order valence-corrected chi connectivity index (χ1v) is 21.4. The predicted molar refractivity (Wildman–Crippen MR) is 222 cm³/mol. The average Bonchev–Trinajstić information content (AvgIpc) is 3.53. The van der Waals surface area contributed by atoms with Crippen LogP contribution in [0.25, 0.3) is 22.2 Å². The fourth-order valence-corrected chi connectivity index (χ4v) is 8.54. The summed E-state index contributed by atoms with van der Waals surface area (Å²) < 4.78 is 21.6. The lowest BCUT2D eigenvalue weighted by Gasteiger charge is -2.38. The Hall–Kier alpha value is -4.15. The van der Waals surface area contributed by atoms with Crippen molar-refractivity contribution in [2.75, 3.05) is 82.8 Å². The van der Waals surface area contributed by atoms with Crippen LogP contribution in [0.2, 0.25) is 5.02 Å². The normalized spacial score (nSPS) is 14.7. The number of aryl methyl sites for hydroxylation is 2. The molecule has 1 saturated heterocycles. The quantitative estimate of drug-likeness (QED) is 0.109. The van der Waals surface area contributed by atoms with Gasteiger partial charge in [0, 0.05) is 87.7 Å². The highest BCUT2D eigenvalue weighted by Crippen LogP contribution is 2.41. The lowest BCUT2D eigenvalue weighted by Crippen LogP contribution is -2.49. The Morgan fingerprint density at radius 3 is 2.47 bits per heavy atom. The number of pyridine rings is 1. The van der Waals surface area contributed by atoms with Crippen molar-refractivity contribution < 1.29 is 9.30 Å². The summed E-state index contributed by atoms with van der Waals surface area (Å²) in [4.78, 5) is 21.2. The van der Waals surface area contributed by atoms with Gasteiger partial charge < -0.3 is 34.3 Å². The highest BCUT2D eigenvalue weighted by molar-refractivity contribution is 7.70. The minimum Gasteiger partial charge on any atom is -0.494 e. The zero-order valence-corrected chi connectivity index (χ0v) is 33.9. The first kappa shape index (κ1) is 38.6. The van der Waals surface area contributed by atoms with E-state index in [9.17, 15) is 4.57 Å². The second kappa shape index (κ2) is 16.5. The summed E-state index contributed by atoms with van der Waals surface area (Å²) in [5, 5.41) is 8.82. The van der Waals surface area contributed by atoms with E-state index in [1.54, 1.807) is 32.8 Å². The summed E-state index contributed by atoms with van der Waals surface area (Å²) in [6, 6.07) is 14.8. The molecular formula is C40H53ClN9O2P. The number of hydrogen-bond acceptors (Lipinski definition) is 10. The van der Waals surface area contributed by atoms with Gasteiger partial charge in [-0.1, -0.05) is 31.5 Å². The van der Waals surface area contributed by atoms with E-state index in [1.165, 1.54) is 5.56 Å². The van der Waals surface area contributed by atoms with Gasteiger partial charge in [-0.2, -0.15) is 4.98 Å². The van der Waals surface area contributed by atoms with Crippen LogP contribution in [-0.2, 0) is 18.0 Å². The summed E-state index contributed by atoms with van der Waals surface area (Å²) >= 11 is 6.66. The molecule has 1 aliphatic heterocycles. The summed E-state index contributed by atoms with van der Waals surface area (Å²) in [7, 11) is 5.29. The molecule has 13 heteroatoms. The van der Waals surface area contributed by atoms with E-state index in [4.69, 9.17) is 21.3 Å². The molecule has 0 radical (unpaired) electrons. The van der Waals surface area contributed by atoms with Gasteiger partial charge in [-0.15, -0.1) is 0 Å². The van der Waals surface area contributed by atoms with Crippen LogP contribution in [0.1, 0.15) is 32.3 Å². The number of ether oxygens (including phenoxy) is 1. The maximum Gasteiger partial charge on any atom is 0.229 e. The van der Waals surface area contributed by atoms with Gasteiger partial charge in [0.2, 0.25) is 5.95 Å². The summed E-state index contributed by atoms with van der Waals surface area (Å²) in [5.74, 6) is 1.45. The number of likely N-dealkylation sites (N-methyl/N-ethyl adjacent to an activating group) is 1. The number of nitrogens with one attached hydrogen (secondary N) is 2. The van der Waals surface area contributed by atoms with Gasteiger partial charge in [-0.25, -0.2) is 9.97 Å². The van der Waals surface area contributed by atoms with Crippen molar-refractivity contribution in [2.45, 2.75) is 39.2 Å². The molecule has 1 unspecified atom stereocenters. The molecule has 0 aliphatic carbocycles. The van der Waals surface area contributed by atoms with Gasteiger partial charge in [0.25, 0.3) is 0 Å². The second-order valence-electron chi connectivity index (χ2n) is 14.4. The van der Waals surface area contributed by atoms with E-state index in [0.717, 1.165) is 85.5 Å². The second-order valence-corrected chi connectivity index (χ2v) is 18.0. The lowest BCUT2D eigenvalue weighted by atomic mass is 10.0. The third-order valence-corrected chi connectivity index (χ3v) is 12.2. The van der Waals surface area contributed by atoms with E-state index >= 15 is 0 Å². The number of fused-ring (bicyclic) bond motifs is 1. The Morgan fingerprint density at radius 2 is 1.77 bits per heavy atom. The van der Waals surface area contributed by atoms with E-state index in [0.29, 0.717) is 39.6 Å². The molecular weight excluding hydrogens is 705 g/mol. The number of piperazine rings is 1. The van der Waals surface area contributed by atoms with Crippen molar-refractivity contribution >= 4 is 63.9 Å². The van der Waals surface area contributed by atoms with Crippen LogP contribution in [0.5, 0.6) is 5.75 Å². The largest absolute Gasteiger partial charge is 0.494 e. The molecule has 0 bridgehead atoms. The number of nitrogens with zero attached hydrogens (tertiary/aromatic N) is 7. The summed E-state index contributed by atoms with van der Waals surface area (Å²) in [5.41, 5.74) is 6.66. The molecule has 282 valence electrons. The summed E-state index contributed by atoms with van der Waals surface area (Å²) in [6.45, 7) is 13.5. The van der Waals surface area contributed by atoms with Crippen molar-refractivity contribution in [1.29, 1.82) is 0 Å². The van der Waals surface area contributed by atoms with Crippen LogP contribution in [-0.4, -0.2) is 103 Å². The first-order chi connectivity index (χ1) is 25.4. The van der Waals surface area contributed by atoms with Crippen molar-refractivity contribution in [1.82, 2.24) is 29.3 Å².